The van der Waals surface area contributed by atoms with Gasteiger partial charge < -0.3 is 4.74 Å². The zero-order chi connectivity index (χ0) is 12.8. The van der Waals surface area contributed by atoms with Crippen LogP contribution in [0.1, 0.15) is 31.7 Å². The molecule has 0 aliphatic heterocycles. The van der Waals surface area contributed by atoms with E-state index in [1.807, 2.05) is 42.5 Å². The van der Waals surface area contributed by atoms with Crippen LogP contribution in [0.15, 0.2) is 47.7 Å². The first-order chi connectivity index (χ1) is 8.81. The van der Waals surface area contributed by atoms with Crippen LogP contribution in [-0.2, 0) is 9.53 Å². The molecule has 0 atom stereocenters. The summed E-state index contributed by atoms with van der Waals surface area (Å²) in [6.07, 6.45) is 6.56. The summed E-state index contributed by atoms with van der Waals surface area (Å²) in [6.45, 7) is 2.74. The van der Waals surface area contributed by atoms with Crippen molar-refractivity contribution in [2.75, 3.05) is 6.61 Å². The molecule has 0 aromatic heterocycles. The maximum Gasteiger partial charge on any atom is 0.223 e. The quantitative estimate of drug-likeness (QED) is 0.580. The third-order valence-electron chi connectivity index (χ3n) is 2.92. The third-order valence-corrected chi connectivity index (χ3v) is 2.92. The summed E-state index contributed by atoms with van der Waals surface area (Å²) in [5, 5.41) is 0. The number of unbranched alkanes of at least 4 members (excludes halogenated alkanes) is 1. The molecule has 2 rings (SSSR count). The number of carbonyl (C=O) groups is 1. The molecular weight excluding hydrogens is 224 g/mol. The second-order valence-corrected chi connectivity index (χ2v) is 4.38. The van der Waals surface area contributed by atoms with Crippen molar-refractivity contribution in [3.63, 3.8) is 0 Å². The molecule has 1 aliphatic carbocycles. The van der Waals surface area contributed by atoms with Crippen LogP contribution in [-0.4, -0.2) is 12.4 Å². The minimum Gasteiger partial charge on any atom is -0.490 e. The van der Waals surface area contributed by atoms with Gasteiger partial charge in [-0.1, -0.05) is 43.7 Å². The maximum absolute atomic E-state index is 12.0. The SMILES string of the molecule is CCCCOC1=CC/C(=C/c2ccccc2)C1=O. The molecular formula is C16H18O2. The van der Waals surface area contributed by atoms with Crippen LogP contribution in [0.2, 0.25) is 0 Å². The first kappa shape index (κ1) is 12.6. The smallest absolute Gasteiger partial charge is 0.223 e. The molecule has 94 valence electrons. The van der Waals surface area contributed by atoms with Gasteiger partial charge in [0.2, 0.25) is 5.78 Å². The topological polar surface area (TPSA) is 26.3 Å². The van der Waals surface area contributed by atoms with E-state index in [1.165, 1.54) is 0 Å². The third kappa shape index (κ3) is 3.10. The van der Waals surface area contributed by atoms with E-state index in [1.54, 1.807) is 0 Å². The monoisotopic (exact) mass is 242 g/mol. The molecule has 0 fully saturated rings. The standard InChI is InChI=1S/C16H18O2/c1-2-3-11-18-15-10-9-14(16(15)17)12-13-7-5-4-6-8-13/h4-8,10,12H,2-3,9,11H2,1H3/b14-12-. The van der Waals surface area contributed by atoms with Crippen molar-refractivity contribution in [2.45, 2.75) is 26.2 Å². The lowest BCUT2D eigenvalue weighted by Crippen LogP contribution is -2.04. The number of benzene rings is 1. The lowest BCUT2D eigenvalue weighted by molar-refractivity contribution is -0.114. The van der Waals surface area contributed by atoms with Crippen molar-refractivity contribution in [2.24, 2.45) is 0 Å². The summed E-state index contributed by atoms with van der Waals surface area (Å²) in [5.41, 5.74) is 1.87. The van der Waals surface area contributed by atoms with Crippen LogP contribution >= 0.6 is 0 Å². The Hall–Kier alpha value is -1.83. The molecule has 0 heterocycles. The molecule has 0 unspecified atom stereocenters. The summed E-state index contributed by atoms with van der Waals surface area (Å²) < 4.78 is 5.49. The van der Waals surface area contributed by atoms with Gasteiger partial charge in [0, 0.05) is 5.57 Å². The Labute approximate surface area is 108 Å². The van der Waals surface area contributed by atoms with E-state index in [0.29, 0.717) is 18.8 Å². The van der Waals surface area contributed by atoms with Crippen LogP contribution in [0, 0.1) is 0 Å². The molecule has 0 amide bonds. The number of carbonyl (C=O) groups excluding carboxylic acids is 1. The highest BCUT2D eigenvalue weighted by atomic mass is 16.5. The van der Waals surface area contributed by atoms with Gasteiger partial charge in [0.05, 0.1) is 6.61 Å². The molecule has 0 spiro atoms. The predicted molar refractivity (Wildman–Crippen MR) is 73.0 cm³/mol. The molecule has 0 saturated heterocycles. The number of Topliss-reactive ketones (excluding diaryl/α,β-unsaturated/α-hetero) is 1. The molecule has 18 heavy (non-hydrogen) atoms. The summed E-state index contributed by atoms with van der Waals surface area (Å²) in [7, 11) is 0. The van der Waals surface area contributed by atoms with Gasteiger partial charge in [-0.3, -0.25) is 4.79 Å². The molecule has 1 aromatic carbocycles. The van der Waals surface area contributed by atoms with E-state index >= 15 is 0 Å². The fraction of sp³-hybridized carbons (Fsp3) is 0.312. The van der Waals surface area contributed by atoms with Gasteiger partial charge in [0.1, 0.15) is 0 Å². The zero-order valence-corrected chi connectivity index (χ0v) is 10.7. The Morgan fingerprint density at radius 3 is 2.78 bits per heavy atom. The Morgan fingerprint density at radius 1 is 1.28 bits per heavy atom. The fourth-order valence-corrected chi connectivity index (χ4v) is 1.87. The highest BCUT2D eigenvalue weighted by Gasteiger charge is 2.22. The number of rotatable bonds is 5. The highest BCUT2D eigenvalue weighted by molar-refractivity contribution is 6.12. The maximum atomic E-state index is 12.0. The highest BCUT2D eigenvalue weighted by Crippen LogP contribution is 2.23. The average Bonchev–Trinajstić information content (AvgIpc) is 2.73. The Kier molecular flexibility index (Phi) is 4.35. The van der Waals surface area contributed by atoms with Gasteiger partial charge in [0.15, 0.2) is 5.76 Å². The molecule has 2 nitrogen and oxygen atoms in total. The van der Waals surface area contributed by atoms with E-state index in [2.05, 4.69) is 6.92 Å². The van der Waals surface area contributed by atoms with Crippen LogP contribution < -0.4 is 0 Å². The van der Waals surface area contributed by atoms with E-state index in [0.717, 1.165) is 24.0 Å². The van der Waals surface area contributed by atoms with Crippen LogP contribution in [0.5, 0.6) is 0 Å². The van der Waals surface area contributed by atoms with Crippen molar-refractivity contribution in [3.05, 3.63) is 53.3 Å². The molecule has 1 aliphatic rings. The molecule has 0 bridgehead atoms. The predicted octanol–water partition coefficient (Wildman–Crippen LogP) is 3.74. The van der Waals surface area contributed by atoms with Crippen LogP contribution in [0.3, 0.4) is 0 Å². The van der Waals surface area contributed by atoms with Crippen LogP contribution in [0.4, 0.5) is 0 Å². The van der Waals surface area contributed by atoms with Gasteiger partial charge >= 0.3 is 0 Å². The average molecular weight is 242 g/mol. The lowest BCUT2D eigenvalue weighted by Gasteiger charge is -2.04. The Morgan fingerprint density at radius 2 is 2.06 bits per heavy atom. The number of hydrogen-bond donors (Lipinski definition) is 0. The second-order valence-electron chi connectivity index (χ2n) is 4.38. The molecule has 0 radical (unpaired) electrons. The van der Waals surface area contributed by atoms with Crippen molar-refractivity contribution < 1.29 is 9.53 Å². The number of ketones is 1. The van der Waals surface area contributed by atoms with Gasteiger partial charge in [0.25, 0.3) is 0 Å². The van der Waals surface area contributed by atoms with Gasteiger partial charge in [-0.15, -0.1) is 0 Å². The number of allylic oxidation sites excluding steroid dienone is 2. The van der Waals surface area contributed by atoms with E-state index in [-0.39, 0.29) is 5.78 Å². The number of hydrogen-bond acceptors (Lipinski definition) is 2. The molecule has 0 saturated carbocycles. The second kappa shape index (κ2) is 6.20. The van der Waals surface area contributed by atoms with Gasteiger partial charge in [-0.25, -0.2) is 0 Å². The summed E-state index contributed by atoms with van der Waals surface area (Å²) in [5.74, 6) is 0.556. The van der Waals surface area contributed by atoms with Crippen molar-refractivity contribution in [1.29, 1.82) is 0 Å². The normalized spacial score (nSPS) is 17.1. The van der Waals surface area contributed by atoms with Gasteiger partial charge in [-0.2, -0.15) is 0 Å². The first-order valence-corrected chi connectivity index (χ1v) is 6.44. The Balaban J connectivity index is 1.99. The largest absolute Gasteiger partial charge is 0.490 e. The lowest BCUT2D eigenvalue weighted by atomic mass is 10.1. The molecule has 2 heteroatoms. The van der Waals surface area contributed by atoms with Gasteiger partial charge in [-0.05, 0) is 30.6 Å². The number of ether oxygens (including phenoxy) is 1. The summed E-state index contributed by atoms with van der Waals surface area (Å²) >= 11 is 0. The summed E-state index contributed by atoms with van der Waals surface area (Å²) in [6, 6.07) is 9.90. The van der Waals surface area contributed by atoms with E-state index in [4.69, 9.17) is 4.74 Å². The Bertz CT molecular complexity index is 469. The van der Waals surface area contributed by atoms with Crippen molar-refractivity contribution in [1.82, 2.24) is 0 Å². The van der Waals surface area contributed by atoms with Crippen molar-refractivity contribution >= 4 is 11.9 Å². The van der Waals surface area contributed by atoms with E-state index < -0.39 is 0 Å². The fourth-order valence-electron chi connectivity index (χ4n) is 1.87. The van der Waals surface area contributed by atoms with Crippen molar-refractivity contribution in [3.8, 4) is 0 Å². The minimum atomic E-state index is 0.0370. The molecule has 1 aromatic rings. The minimum absolute atomic E-state index is 0.0370. The molecule has 0 N–H and O–H groups in total. The first-order valence-electron chi connectivity index (χ1n) is 6.44. The zero-order valence-electron chi connectivity index (χ0n) is 10.7. The van der Waals surface area contributed by atoms with E-state index in [9.17, 15) is 4.79 Å². The van der Waals surface area contributed by atoms with Crippen LogP contribution in [0.25, 0.3) is 6.08 Å². The summed E-state index contributed by atoms with van der Waals surface area (Å²) in [4.78, 5) is 12.0.